The lowest BCUT2D eigenvalue weighted by Gasteiger charge is -2.12. The van der Waals surface area contributed by atoms with Crippen molar-refractivity contribution in [2.75, 3.05) is 18.5 Å². The molecule has 3 amide bonds. The monoisotopic (exact) mass is 446 g/mol. The molecule has 0 bridgehead atoms. The van der Waals surface area contributed by atoms with Crippen LogP contribution in [0.2, 0.25) is 0 Å². The molecular formula is C22H20F2N2O4S. The molecule has 1 aliphatic rings. The van der Waals surface area contributed by atoms with Gasteiger partial charge in [0.1, 0.15) is 23.9 Å². The second-order valence-electron chi connectivity index (χ2n) is 6.71. The molecule has 1 saturated heterocycles. The van der Waals surface area contributed by atoms with Crippen LogP contribution in [0.5, 0.6) is 5.75 Å². The lowest BCUT2D eigenvalue weighted by atomic mass is 10.2. The van der Waals surface area contributed by atoms with E-state index in [-0.39, 0.29) is 10.6 Å². The van der Waals surface area contributed by atoms with Gasteiger partial charge in [-0.05, 0) is 54.1 Å². The van der Waals surface area contributed by atoms with Gasteiger partial charge in [0.05, 0.1) is 17.2 Å². The standard InChI is InChI=1S/C22H20F2N2O4S/c1-2-3-10-30-16-7-4-14(5-8-16)11-19-21(28)26(22(29)31-19)13-20(27)25-18-9-6-15(23)12-17(18)24/h4-9,11-12H,2-3,10,13H2,1H3,(H,25,27)/b19-11-. The van der Waals surface area contributed by atoms with Crippen LogP contribution in [0.3, 0.4) is 0 Å². The largest absolute Gasteiger partial charge is 0.494 e. The molecule has 0 spiro atoms. The van der Waals surface area contributed by atoms with E-state index in [9.17, 15) is 23.2 Å². The van der Waals surface area contributed by atoms with Crippen molar-refractivity contribution in [3.8, 4) is 5.75 Å². The molecule has 162 valence electrons. The second kappa shape index (κ2) is 10.2. The number of hydrogen-bond donors (Lipinski definition) is 1. The van der Waals surface area contributed by atoms with Crippen LogP contribution >= 0.6 is 11.8 Å². The van der Waals surface area contributed by atoms with Gasteiger partial charge in [0.25, 0.3) is 11.1 Å². The molecule has 0 radical (unpaired) electrons. The highest BCUT2D eigenvalue weighted by atomic mass is 32.2. The SMILES string of the molecule is CCCCOc1ccc(/C=C2\SC(=O)N(CC(=O)Nc3ccc(F)cc3F)C2=O)cc1. The minimum Gasteiger partial charge on any atom is -0.494 e. The normalized spacial score (nSPS) is 14.9. The summed E-state index contributed by atoms with van der Waals surface area (Å²) in [6.45, 7) is 2.12. The van der Waals surface area contributed by atoms with E-state index in [1.54, 1.807) is 30.3 Å². The van der Waals surface area contributed by atoms with Crippen molar-refractivity contribution in [3.63, 3.8) is 0 Å². The van der Waals surface area contributed by atoms with Gasteiger partial charge in [-0.15, -0.1) is 0 Å². The topological polar surface area (TPSA) is 75.7 Å². The maximum absolute atomic E-state index is 13.7. The Morgan fingerprint density at radius 3 is 2.58 bits per heavy atom. The summed E-state index contributed by atoms with van der Waals surface area (Å²) in [7, 11) is 0. The van der Waals surface area contributed by atoms with Crippen molar-refractivity contribution in [2.24, 2.45) is 0 Å². The highest BCUT2D eigenvalue weighted by Crippen LogP contribution is 2.32. The maximum atomic E-state index is 13.7. The lowest BCUT2D eigenvalue weighted by molar-refractivity contribution is -0.127. The molecule has 6 nitrogen and oxygen atoms in total. The minimum atomic E-state index is -0.954. The van der Waals surface area contributed by atoms with Gasteiger partial charge < -0.3 is 10.1 Å². The van der Waals surface area contributed by atoms with E-state index in [0.717, 1.165) is 29.9 Å². The zero-order chi connectivity index (χ0) is 22.4. The average molecular weight is 446 g/mol. The highest BCUT2D eigenvalue weighted by Gasteiger charge is 2.36. The van der Waals surface area contributed by atoms with Crippen LogP contribution in [0.1, 0.15) is 25.3 Å². The van der Waals surface area contributed by atoms with Crippen molar-refractivity contribution in [3.05, 3.63) is 64.6 Å². The first-order chi connectivity index (χ1) is 14.9. The molecule has 1 N–H and O–H groups in total. The van der Waals surface area contributed by atoms with Gasteiger partial charge in [-0.3, -0.25) is 19.3 Å². The Kier molecular flexibility index (Phi) is 7.41. The Hall–Kier alpha value is -3.20. The van der Waals surface area contributed by atoms with Crippen molar-refractivity contribution in [1.82, 2.24) is 4.90 Å². The van der Waals surface area contributed by atoms with E-state index in [1.807, 2.05) is 0 Å². The van der Waals surface area contributed by atoms with Crippen LogP contribution in [0, 0.1) is 11.6 Å². The van der Waals surface area contributed by atoms with E-state index in [1.165, 1.54) is 0 Å². The Balaban J connectivity index is 1.62. The van der Waals surface area contributed by atoms with Gasteiger partial charge >= 0.3 is 0 Å². The molecule has 1 fully saturated rings. The molecule has 0 saturated carbocycles. The number of hydrogen-bond acceptors (Lipinski definition) is 5. The molecule has 31 heavy (non-hydrogen) atoms. The Morgan fingerprint density at radius 1 is 1.16 bits per heavy atom. The van der Waals surface area contributed by atoms with Crippen LogP contribution in [0.25, 0.3) is 6.08 Å². The summed E-state index contributed by atoms with van der Waals surface area (Å²) in [4.78, 5) is 37.8. The van der Waals surface area contributed by atoms with Crippen LogP contribution in [0.15, 0.2) is 47.4 Å². The molecule has 2 aromatic rings. The molecule has 0 atom stereocenters. The molecule has 3 rings (SSSR count). The molecule has 9 heteroatoms. The number of unbranched alkanes of at least 4 members (excludes halogenated alkanes) is 1. The number of carbonyl (C=O) groups is 3. The van der Waals surface area contributed by atoms with E-state index < -0.39 is 35.2 Å². The number of thioether (sulfide) groups is 1. The highest BCUT2D eigenvalue weighted by molar-refractivity contribution is 8.18. The van der Waals surface area contributed by atoms with Crippen molar-refractivity contribution < 1.29 is 27.9 Å². The van der Waals surface area contributed by atoms with Gasteiger partial charge in [-0.1, -0.05) is 25.5 Å². The third kappa shape index (κ3) is 5.91. The van der Waals surface area contributed by atoms with Crippen molar-refractivity contribution >= 4 is 40.6 Å². The number of halogens is 2. The number of ether oxygens (including phenoxy) is 1. The summed E-state index contributed by atoms with van der Waals surface area (Å²) in [5.74, 6) is -2.42. The zero-order valence-corrected chi connectivity index (χ0v) is 17.5. The summed E-state index contributed by atoms with van der Waals surface area (Å²) in [6.07, 6.45) is 3.54. The molecule has 0 unspecified atom stereocenters. The molecular weight excluding hydrogens is 426 g/mol. The first-order valence-electron chi connectivity index (χ1n) is 9.60. The number of benzene rings is 2. The van der Waals surface area contributed by atoms with Crippen LogP contribution in [-0.2, 0) is 9.59 Å². The number of rotatable bonds is 8. The van der Waals surface area contributed by atoms with Crippen LogP contribution in [-0.4, -0.2) is 35.1 Å². The van der Waals surface area contributed by atoms with Crippen molar-refractivity contribution in [2.45, 2.75) is 19.8 Å². The van der Waals surface area contributed by atoms with Gasteiger partial charge in [0, 0.05) is 6.07 Å². The maximum Gasteiger partial charge on any atom is 0.294 e. The van der Waals surface area contributed by atoms with Gasteiger partial charge in [-0.2, -0.15) is 0 Å². The fourth-order valence-electron chi connectivity index (χ4n) is 2.71. The predicted octanol–water partition coefficient (Wildman–Crippen LogP) is 4.82. The summed E-state index contributed by atoms with van der Waals surface area (Å²) in [6, 6.07) is 9.75. The van der Waals surface area contributed by atoms with Crippen LogP contribution in [0.4, 0.5) is 19.3 Å². The Bertz CT molecular complexity index is 1020. The first-order valence-corrected chi connectivity index (χ1v) is 10.4. The smallest absolute Gasteiger partial charge is 0.294 e. The third-order valence-corrected chi connectivity index (χ3v) is 5.23. The first kappa shape index (κ1) is 22.5. The zero-order valence-electron chi connectivity index (χ0n) is 16.7. The number of amides is 3. The minimum absolute atomic E-state index is 0.172. The summed E-state index contributed by atoms with van der Waals surface area (Å²) < 4.78 is 32.2. The lowest BCUT2D eigenvalue weighted by Crippen LogP contribution is -2.36. The summed E-state index contributed by atoms with van der Waals surface area (Å²) in [5, 5.41) is 1.62. The molecule has 1 aliphatic heterocycles. The van der Waals surface area contributed by atoms with E-state index in [4.69, 9.17) is 4.74 Å². The molecule has 0 aromatic heterocycles. The Labute approximate surface area is 182 Å². The van der Waals surface area contributed by atoms with Crippen LogP contribution < -0.4 is 10.1 Å². The quantitative estimate of drug-likeness (QED) is 0.465. The number of nitrogens with one attached hydrogen (secondary N) is 1. The van der Waals surface area contributed by atoms with Crippen molar-refractivity contribution in [1.29, 1.82) is 0 Å². The Morgan fingerprint density at radius 2 is 1.90 bits per heavy atom. The average Bonchev–Trinajstić information content (AvgIpc) is 2.99. The number of imide groups is 1. The number of nitrogens with zero attached hydrogens (tertiary/aromatic N) is 1. The third-order valence-electron chi connectivity index (χ3n) is 4.33. The van der Waals surface area contributed by atoms with E-state index in [0.29, 0.717) is 35.7 Å². The number of carbonyl (C=O) groups excluding carboxylic acids is 3. The molecule has 0 aliphatic carbocycles. The predicted molar refractivity (Wildman–Crippen MR) is 115 cm³/mol. The fraction of sp³-hybridized carbons (Fsp3) is 0.227. The van der Waals surface area contributed by atoms with Gasteiger partial charge in [0.2, 0.25) is 5.91 Å². The molecule has 2 aromatic carbocycles. The fourth-order valence-corrected chi connectivity index (χ4v) is 3.54. The second-order valence-corrected chi connectivity index (χ2v) is 7.70. The number of anilines is 1. The van der Waals surface area contributed by atoms with Gasteiger partial charge in [-0.25, -0.2) is 8.78 Å². The van der Waals surface area contributed by atoms with E-state index >= 15 is 0 Å². The summed E-state index contributed by atoms with van der Waals surface area (Å²) in [5.41, 5.74) is 0.460. The van der Waals surface area contributed by atoms with Gasteiger partial charge in [0.15, 0.2) is 0 Å². The summed E-state index contributed by atoms with van der Waals surface area (Å²) >= 11 is 0.715. The molecule has 1 heterocycles. The van der Waals surface area contributed by atoms with E-state index in [2.05, 4.69) is 12.2 Å².